The topological polar surface area (TPSA) is 127 Å². The van der Waals surface area contributed by atoms with E-state index in [1.54, 1.807) is 13.8 Å². The van der Waals surface area contributed by atoms with Crippen LogP contribution in [-0.2, 0) is 28.7 Å². The van der Waals surface area contributed by atoms with Crippen LogP contribution >= 0.6 is 0 Å². The van der Waals surface area contributed by atoms with Crippen molar-refractivity contribution in [1.82, 2.24) is 0 Å². The van der Waals surface area contributed by atoms with Gasteiger partial charge in [0, 0.05) is 16.6 Å². The third kappa shape index (κ3) is 5.23. The minimum absolute atomic E-state index is 0.00848. The Morgan fingerprint density at radius 2 is 0.975 bits per heavy atom. The van der Waals surface area contributed by atoms with Crippen molar-refractivity contribution in [2.45, 2.75) is 100 Å². The molecular formula is C32H48O8. The highest BCUT2D eigenvalue weighted by Gasteiger charge is 2.81. The SMILES string of the molecule is C=C(C)C(=O)OCC(C)(C)CC1(CC(C)(C)COC(=O)C(=C)C)C2(C(=O)O)CC3(C)CC(C)(C2)CC1(C(=O)O)C3. The average Bonchev–Trinajstić information content (AvgIpc) is 2.76. The van der Waals surface area contributed by atoms with Crippen LogP contribution in [0.15, 0.2) is 24.3 Å². The second-order valence-electron chi connectivity index (χ2n) is 15.8. The van der Waals surface area contributed by atoms with Crippen molar-refractivity contribution in [3.05, 3.63) is 24.3 Å². The molecule has 0 atom stereocenters. The van der Waals surface area contributed by atoms with Crippen molar-refractivity contribution in [3.63, 3.8) is 0 Å². The van der Waals surface area contributed by atoms with E-state index in [1.165, 1.54) is 0 Å². The summed E-state index contributed by atoms with van der Waals surface area (Å²) in [5.74, 6) is -3.03. The Balaban J connectivity index is 2.23. The lowest BCUT2D eigenvalue weighted by molar-refractivity contribution is -0.296. The van der Waals surface area contributed by atoms with Gasteiger partial charge in [0.1, 0.15) is 0 Å². The summed E-state index contributed by atoms with van der Waals surface area (Å²) in [5.41, 5.74) is -5.72. The van der Waals surface area contributed by atoms with E-state index < -0.39 is 61.8 Å². The maximum absolute atomic E-state index is 13.6. The molecule has 0 unspecified atom stereocenters. The van der Waals surface area contributed by atoms with Gasteiger partial charge in [0.2, 0.25) is 0 Å². The van der Waals surface area contributed by atoms with Crippen LogP contribution < -0.4 is 0 Å². The molecule has 4 rings (SSSR count). The number of aliphatic carboxylic acids is 2. The van der Waals surface area contributed by atoms with Crippen molar-refractivity contribution in [1.29, 1.82) is 0 Å². The number of hydrogen-bond donors (Lipinski definition) is 2. The number of carbonyl (C=O) groups is 4. The lowest BCUT2D eigenvalue weighted by Gasteiger charge is -2.76. The number of ether oxygens (including phenoxy) is 2. The molecule has 4 aliphatic rings. The lowest BCUT2D eigenvalue weighted by Crippen LogP contribution is -2.75. The number of carboxylic acids is 2. The van der Waals surface area contributed by atoms with E-state index in [2.05, 4.69) is 13.2 Å². The second kappa shape index (κ2) is 9.73. The zero-order valence-electron chi connectivity index (χ0n) is 25.6. The molecule has 4 bridgehead atoms. The zero-order chi connectivity index (χ0) is 30.7. The number of esters is 2. The van der Waals surface area contributed by atoms with Gasteiger partial charge in [-0.1, -0.05) is 54.7 Å². The molecule has 0 saturated heterocycles. The van der Waals surface area contributed by atoms with E-state index >= 15 is 0 Å². The normalized spacial score (nSPS) is 32.3. The van der Waals surface area contributed by atoms with Gasteiger partial charge in [0.05, 0.1) is 24.0 Å². The van der Waals surface area contributed by atoms with Crippen molar-refractivity contribution in [2.24, 2.45) is 37.9 Å². The molecule has 4 fully saturated rings. The quantitative estimate of drug-likeness (QED) is 0.214. The van der Waals surface area contributed by atoms with Crippen LogP contribution in [0.25, 0.3) is 0 Å². The van der Waals surface area contributed by atoms with Gasteiger partial charge < -0.3 is 19.7 Å². The van der Waals surface area contributed by atoms with E-state index in [-0.39, 0.29) is 37.2 Å². The van der Waals surface area contributed by atoms with E-state index in [1.807, 2.05) is 41.5 Å². The first-order valence-electron chi connectivity index (χ1n) is 14.1. The van der Waals surface area contributed by atoms with Crippen molar-refractivity contribution >= 4 is 23.9 Å². The summed E-state index contributed by atoms with van der Waals surface area (Å²) in [6.07, 6.45) is 2.73. The Morgan fingerprint density at radius 3 is 1.23 bits per heavy atom. The van der Waals surface area contributed by atoms with Crippen molar-refractivity contribution in [2.75, 3.05) is 13.2 Å². The van der Waals surface area contributed by atoms with Crippen molar-refractivity contribution < 1.29 is 38.9 Å². The van der Waals surface area contributed by atoms with Crippen LogP contribution in [0.1, 0.15) is 100 Å². The molecule has 40 heavy (non-hydrogen) atoms. The van der Waals surface area contributed by atoms with Gasteiger partial charge >= 0.3 is 23.9 Å². The predicted molar refractivity (Wildman–Crippen MR) is 150 cm³/mol. The number of carbonyl (C=O) groups excluding carboxylic acids is 2. The fourth-order valence-electron chi connectivity index (χ4n) is 9.53. The summed E-state index contributed by atoms with van der Waals surface area (Å²) < 4.78 is 11.1. The van der Waals surface area contributed by atoms with Crippen LogP contribution in [0.2, 0.25) is 0 Å². The first-order chi connectivity index (χ1) is 18.0. The van der Waals surface area contributed by atoms with Gasteiger partial charge in [0.15, 0.2) is 0 Å². The Kier molecular flexibility index (Phi) is 7.75. The third-order valence-corrected chi connectivity index (χ3v) is 9.86. The molecular weight excluding hydrogens is 512 g/mol. The van der Waals surface area contributed by atoms with Gasteiger partial charge in [0.25, 0.3) is 0 Å². The molecule has 0 aromatic rings. The fourth-order valence-corrected chi connectivity index (χ4v) is 9.53. The van der Waals surface area contributed by atoms with Crippen LogP contribution in [0, 0.1) is 37.9 Å². The van der Waals surface area contributed by atoms with Crippen LogP contribution in [-0.4, -0.2) is 47.3 Å². The molecule has 8 heteroatoms. The van der Waals surface area contributed by atoms with E-state index in [0.29, 0.717) is 25.7 Å². The summed E-state index contributed by atoms with van der Waals surface area (Å²) in [5, 5.41) is 22.3. The molecule has 4 saturated carbocycles. The van der Waals surface area contributed by atoms with Gasteiger partial charge in [-0.2, -0.15) is 0 Å². The van der Waals surface area contributed by atoms with Crippen molar-refractivity contribution in [3.8, 4) is 0 Å². The predicted octanol–water partition coefficient (Wildman–Crippen LogP) is 6.19. The maximum atomic E-state index is 13.6. The monoisotopic (exact) mass is 560 g/mol. The Morgan fingerprint density at radius 1 is 0.675 bits per heavy atom. The summed E-state index contributed by atoms with van der Waals surface area (Å²) >= 11 is 0. The minimum atomic E-state index is -1.32. The molecule has 0 spiro atoms. The molecule has 8 nitrogen and oxygen atoms in total. The third-order valence-electron chi connectivity index (χ3n) is 9.86. The fraction of sp³-hybridized carbons (Fsp3) is 0.750. The largest absolute Gasteiger partial charge is 0.481 e. The molecule has 0 aromatic carbocycles. The summed E-state index contributed by atoms with van der Waals surface area (Å²) in [6.45, 7) is 22.1. The summed E-state index contributed by atoms with van der Waals surface area (Å²) in [6, 6.07) is 0. The summed E-state index contributed by atoms with van der Waals surface area (Å²) in [7, 11) is 0. The first kappa shape index (κ1) is 31.9. The Bertz CT molecular complexity index is 1040. The highest BCUT2D eigenvalue weighted by atomic mass is 16.5. The van der Waals surface area contributed by atoms with E-state index in [9.17, 15) is 29.4 Å². The molecule has 224 valence electrons. The number of hydrogen-bond acceptors (Lipinski definition) is 6. The highest BCUT2D eigenvalue weighted by Crippen LogP contribution is 2.83. The van der Waals surface area contributed by atoms with Crippen LogP contribution in [0.5, 0.6) is 0 Å². The Hall–Kier alpha value is -2.64. The van der Waals surface area contributed by atoms with Gasteiger partial charge in [-0.25, -0.2) is 9.59 Å². The minimum Gasteiger partial charge on any atom is -0.481 e. The zero-order valence-corrected chi connectivity index (χ0v) is 25.6. The highest BCUT2D eigenvalue weighted by molar-refractivity contribution is 5.87. The molecule has 2 N–H and O–H groups in total. The maximum Gasteiger partial charge on any atom is 0.333 e. The van der Waals surface area contributed by atoms with E-state index in [0.717, 1.165) is 6.42 Å². The second-order valence-corrected chi connectivity index (χ2v) is 15.8. The van der Waals surface area contributed by atoms with Crippen LogP contribution in [0.4, 0.5) is 0 Å². The average molecular weight is 561 g/mol. The first-order valence-corrected chi connectivity index (χ1v) is 14.1. The van der Waals surface area contributed by atoms with Gasteiger partial charge in [-0.3, -0.25) is 9.59 Å². The summed E-state index contributed by atoms with van der Waals surface area (Å²) in [4.78, 5) is 51.8. The molecule has 0 radical (unpaired) electrons. The lowest BCUT2D eigenvalue weighted by atomic mass is 9.25. The molecule has 0 amide bonds. The van der Waals surface area contributed by atoms with Crippen LogP contribution in [0.3, 0.4) is 0 Å². The van der Waals surface area contributed by atoms with E-state index in [4.69, 9.17) is 9.47 Å². The number of carboxylic acid groups (broad SMARTS) is 2. The number of rotatable bonds is 12. The van der Waals surface area contributed by atoms with Gasteiger partial charge in [-0.05, 0) is 80.5 Å². The smallest absolute Gasteiger partial charge is 0.333 e. The standard InChI is InChI=1S/C32H48O8/c1-20(2)22(33)39-18-26(5,6)11-32(12-27(7,8)19-40-23(34)21(3)4)30(24(35)36)14-28(9)13-29(10,16-30)17-31(32,15-28)25(37)38/h1,3,11-19H2,2,4-10H3,(H,35,36)(H,37,38). The Labute approximate surface area is 238 Å². The molecule has 4 aliphatic carbocycles. The molecule has 0 heterocycles. The molecule has 0 aliphatic heterocycles. The molecule has 0 aromatic heterocycles. The van der Waals surface area contributed by atoms with Gasteiger partial charge in [-0.15, -0.1) is 0 Å².